The summed E-state index contributed by atoms with van der Waals surface area (Å²) in [6.07, 6.45) is -1.88. The first-order valence-electron chi connectivity index (χ1n) is 12.7. The van der Waals surface area contributed by atoms with E-state index in [-0.39, 0.29) is 46.7 Å². The predicted molar refractivity (Wildman–Crippen MR) is 138 cm³/mol. The van der Waals surface area contributed by atoms with Crippen LogP contribution in [-0.2, 0) is 30.7 Å². The summed E-state index contributed by atoms with van der Waals surface area (Å²) in [5.74, 6) is -0.991. The molecule has 11 heteroatoms. The largest absolute Gasteiger partial charge is 0.493 e. The van der Waals surface area contributed by atoms with Gasteiger partial charge in [0.15, 0.2) is 23.0 Å². The maximum absolute atomic E-state index is 13.4. The van der Waals surface area contributed by atoms with Gasteiger partial charge in [0.25, 0.3) is 0 Å². The van der Waals surface area contributed by atoms with Crippen molar-refractivity contribution in [2.45, 2.75) is 60.0 Å². The number of halogens is 3. The van der Waals surface area contributed by atoms with Crippen molar-refractivity contribution >= 4 is 29.5 Å². The molecule has 2 fully saturated rings. The minimum Gasteiger partial charge on any atom is -0.493 e. The number of ether oxygens (including phenoxy) is 3. The molecule has 40 heavy (non-hydrogen) atoms. The fraction of sp³-hybridized carbons (Fsp3) is 0.414. The summed E-state index contributed by atoms with van der Waals surface area (Å²) in [5, 5.41) is -0.281. The first-order valence-corrected chi connectivity index (χ1v) is 13.6. The van der Waals surface area contributed by atoms with Crippen LogP contribution in [0.3, 0.4) is 0 Å². The van der Waals surface area contributed by atoms with Crippen LogP contribution in [0.2, 0.25) is 0 Å². The lowest BCUT2D eigenvalue weighted by atomic mass is 9.36. The molecule has 2 aromatic rings. The molecule has 1 saturated heterocycles. The van der Waals surface area contributed by atoms with Crippen LogP contribution in [-0.4, -0.2) is 48.4 Å². The van der Waals surface area contributed by atoms with Crippen molar-refractivity contribution in [1.29, 1.82) is 0 Å². The number of piperidine rings is 1. The summed E-state index contributed by atoms with van der Waals surface area (Å²) in [6, 6.07) is 8.32. The maximum atomic E-state index is 13.4. The summed E-state index contributed by atoms with van der Waals surface area (Å²) in [4.78, 5) is 40.5. The van der Waals surface area contributed by atoms with Gasteiger partial charge >= 0.3 is 18.1 Å². The number of carbonyl (C=O) groups excluding carboxylic acids is 3. The molecule has 210 valence electrons. The SMILES string of the molecule is COC1=CC23C[C@]4(CC1=O)c1c(ccc(OC(C)=O)c1OC(C)=O)[C@@H](Sc1ccc(C(F)(F)F)cc1)[C@@H]([C@@H]24)N3C. The molecule has 1 saturated carbocycles. The number of methoxy groups -OCH3 is 1. The molecule has 1 aliphatic heterocycles. The van der Waals surface area contributed by atoms with Crippen LogP contribution >= 0.6 is 11.8 Å². The number of rotatable bonds is 5. The smallest absolute Gasteiger partial charge is 0.416 e. The summed E-state index contributed by atoms with van der Waals surface area (Å²) in [7, 11) is 3.44. The van der Waals surface area contributed by atoms with Crippen molar-refractivity contribution in [2.24, 2.45) is 5.92 Å². The van der Waals surface area contributed by atoms with Crippen LogP contribution in [0.15, 0.2) is 53.1 Å². The third kappa shape index (κ3) is 3.66. The van der Waals surface area contributed by atoms with Crippen molar-refractivity contribution in [3.05, 3.63) is 64.9 Å². The van der Waals surface area contributed by atoms with E-state index in [1.165, 1.54) is 44.9 Å². The second kappa shape index (κ2) is 8.84. The van der Waals surface area contributed by atoms with Crippen LogP contribution in [0, 0.1) is 5.92 Å². The standard InChI is InChI=1S/C29H26F3NO6S/c1-14(34)38-20-10-9-18-22(24(20)39-15(2)35)27-11-19(36)21(37-4)12-28(13-27)26(27)23(33(28)3)25(18)40-17-7-5-16(6-8-17)29(30,31)32/h5-10,12,23,25-26H,11,13H2,1-4H3/t23-,25+,26+,27+,28?/m0/s1. The zero-order chi connectivity index (χ0) is 28.8. The Kier molecular flexibility index (Phi) is 5.94. The molecule has 1 heterocycles. The molecular weight excluding hydrogens is 547 g/mol. The third-order valence-corrected chi connectivity index (χ3v) is 10.1. The quantitative estimate of drug-likeness (QED) is 0.356. The third-order valence-electron chi connectivity index (χ3n) is 8.74. The number of esters is 2. The number of thioether (sulfide) groups is 1. The molecule has 7 nitrogen and oxygen atoms in total. The van der Waals surface area contributed by atoms with E-state index in [2.05, 4.69) is 4.90 Å². The number of alkyl halides is 3. The van der Waals surface area contributed by atoms with Gasteiger partial charge in [0.2, 0.25) is 0 Å². The molecule has 5 atom stereocenters. The van der Waals surface area contributed by atoms with Crippen molar-refractivity contribution in [2.75, 3.05) is 14.2 Å². The molecule has 0 radical (unpaired) electrons. The molecule has 2 spiro atoms. The Morgan fingerprint density at radius 1 is 1.05 bits per heavy atom. The Morgan fingerprint density at radius 2 is 1.73 bits per heavy atom. The Labute approximate surface area is 232 Å². The molecule has 7 rings (SSSR count). The van der Waals surface area contributed by atoms with E-state index in [1.807, 2.05) is 13.1 Å². The van der Waals surface area contributed by atoms with Crippen molar-refractivity contribution in [3.8, 4) is 11.5 Å². The summed E-state index contributed by atoms with van der Waals surface area (Å²) in [5.41, 5.74) is -0.493. The number of benzene rings is 2. The van der Waals surface area contributed by atoms with Gasteiger partial charge in [-0.15, -0.1) is 11.8 Å². The van der Waals surface area contributed by atoms with Gasteiger partial charge in [-0.1, -0.05) is 6.07 Å². The van der Waals surface area contributed by atoms with Crippen molar-refractivity contribution in [1.82, 2.24) is 4.90 Å². The van der Waals surface area contributed by atoms with Gasteiger partial charge in [-0.3, -0.25) is 19.3 Å². The molecule has 0 aromatic heterocycles. The van der Waals surface area contributed by atoms with Crippen molar-refractivity contribution in [3.63, 3.8) is 0 Å². The van der Waals surface area contributed by atoms with Crippen LogP contribution in [0.25, 0.3) is 0 Å². The summed E-state index contributed by atoms with van der Waals surface area (Å²) in [6.45, 7) is 2.49. The van der Waals surface area contributed by atoms with E-state index in [4.69, 9.17) is 14.2 Å². The van der Waals surface area contributed by atoms with Gasteiger partial charge < -0.3 is 14.2 Å². The van der Waals surface area contributed by atoms with Crippen LogP contribution in [0.5, 0.6) is 11.5 Å². The Bertz CT molecular complexity index is 1490. The zero-order valence-corrected chi connectivity index (χ0v) is 22.9. The maximum Gasteiger partial charge on any atom is 0.416 e. The lowest BCUT2D eigenvalue weighted by molar-refractivity contribution is -0.224. The van der Waals surface area contributed by atoms with E-state index in [0.29, 0.717) is 16.9 Å². The second-order valence-electron chi connectivity index (χ2n) is 10.8. The minimum absolute atomic E-state index is 0.0667. The number of hydrogen-bond donors (Lipinski definition) is 0. The summed E-state index contributed by atoms with van der Waals surface area (Å²) >= 11 is 1.42. The number of likely N-dealkylation sites (N-methyl/N-ethyl adjacent to an activating group) is 1. The van der Waals surface area contributed by atoms with Crippen molar-refractivity contribution < 1.29 is 41.8 Å². The Hall–Kier alpha value is -3.31. The van der Waals surface area contributed by atoms with Gasteiger partial charge in [-0.05, 0) is 55.4 Å². The lowest BCUT2D eigenvalue weighted by Crippen LogP contribution is -2.86. The highest BCUT2D eigenvalue weighted by molar-refractivity contribution is 7.99. The minimum atomic E-state index is -4.45. The fourth-order valence-corrected chi connectivity index (χ4v) is 8.82. The highest BCUT2D eigenvalue weighted by atomic mass is 32.2. The van der Waals surface area contributed by atoms with E-state index >= 15 is 0 Å². The zero-order valence-electron chi connectivity index (χ0n) is 22.1. The van der Waals surface area contributed by atoms with Crippen LogP contribution in [0.1, 0.15) is 48.6 Å². The molecule has 5 aliphatic rings. The molecule has 2 aromatic carbocycles. The topological polar surface area (TPSA) is 82.1 Å². The number of allylic oxidation sites excluding steroid dienone is 1. The molecule has 0 N–H and O–H groups in total. The van der Waals surface area contributed by atoms with Gasteiger partial charge in [-0.2, -0.15) is 13.2 Å². The monoisotopic (exact) mass is 573 g/mol. The Morgan fingerprint density at radius 3 is 2.33 bits per heavy atom. The number of ketones is 1. The average molecular weight is 574 g/mol. The van der Waals surface area contributed by atoms with Crippen LogP contribution < -0.4 is 9.47 Å². The molecular formula is C29H26F3NO6S. The number of carbonyl (C=O) groups is 3. The van der Waals surface area contributed by atoms with E-state index in [9.17, 15) is 27.6 Å². The highest BCUT2D eigenvalue weighted by Crippen LogP contribution is 2.77. The second-order valence-corrected chi connectivity index (χ2v) is 12.0. The van der Waals surface area contributed by atoms with E-state index in [1.54, 1.807) is 12.1 Å². The van der Waals surface area contributed by atoms with Gasteiger partial charge in [-0.25, -0.2) is 0 Å². The lowest BCUT2D eigenvalue weighted by Gasteiger charge is -2.79. The first kappa shape index (κ1) is 26.9. The number of nitrogens with zero attached hydrogens (tertiary/aromatic N) is 1. The first-order chi connectivity index (χ1) is 18.8. The van der Waals surface area contributed by atoms with E-state index in [0.717, 1.165) is 17.7 Å². The average Bonchev–Trinajstić information content (AvgIpc) is 3.06. The molecule has 4 aliphatic carbocycles. The number of Topliss-reactive ketones (excluding diaryl/α,β-unsaturated/α-hetero) is 1. The molecule has 2 bridgehead atoms. The van der Waals surface area contributed by atoms with E-state index < -0.39 is 34.6 Å². The normalized spacial score (nSPS) is 30.0. The fourth-order valence-electron chi connectivity index (χ4n) is 7.43. The highest BCUT2D eigenvalue weighted by Gasteiger charge is 2.80. The summed E-state index contributed by atoms with van der Waals surface area (Å²) < 4.78 is 56.2. The Balaban J connectivity index is 1.54. The van der Waals surface area contributed by atoms with Crippen LogP contribution in [0.4, 0.5) is 13.2 Å². The van der Waals surface area contributed by atoms with Gasteiger partial charge in [0.05, 0.1) is 17.9 Å². The number of fused-ring (bicyclic) bond motifs is 3. The molecule has 1 unspecified atom stereocenters. The number of likely N-dealkylation sites (tertiary alicyclic amines) is 1. The number of hydrogen-bond acceptors (Lipinski definition) is 8. The van der Waals surface area contributed by atoms with Gasteiger partial charge in [0, 0.05) is 53.6 Å². The van der Waals surface area contributed by atoms with Gasteiger partial charge in [0.1, 0.15) is 0 Å². The molecule has 0 amide bonds. The predicted octanol–water partition coefficient (Wildman–Crippen LogP) is 5.22.